The molecule has 0 bridgehead atoms. The molecule has 0 radical (unpaired) electrons. The van der Waals surface area contributed by atoms with E-state index in [9.17, 15) is 4.79 Å². The molecule has 1 aromatic rings. The summed E-state index contributed by atoms with van der Waals surface area (Å²) in [5.74, 6) is 0.227. The van der Waals surface area contributed by atoms with Gasteiger partial charge >= 0.3 is 0 Å². The van der Waals surface area contributed by atoms with E-state index in [2.05, 4.69) is 15.6 Å². The van der Waals surface area contributed by atoms with Gasteiger partial charge in [0.25, 0.3) is 5.91 Å². The number of carbonyl (C=O) groups excluding carboxylic acids is 1. The van der Waals surface area contributed by atoms with Crippen molar-refractivity contribution in [2.75, 3.05) is 13.2 Å². The number of nitrogens with zero attached hydrogens (tertiary/aromatic N) is 1. The van der Waals surface area contributed by atoms with Crippen LogP contribution in [-0.4, -0.2) is 35.2 Å². The van der Waals surface area contributed by atoms with Gasteiger partial charge in [0.15, 0.2) is 0 Å². The summed E-state index contributed by atoms with van der Waals surface area (Å²) in [5.41, 5.74) is 1.16. The maximum Gasteiger partial charge on any atom is 0.274 e. The summed E-state index contributed by atoms with van der Waals surface area (Å²) in [6.45, 7) is 0.160. The van der Waals surface area contributed by atoms with Gasteiger partial charge in [-0.25, -0.2) is 0 Å². The highest BCUT2D eigenvalue weighted by atomic mass is 16.3. The Morgan fingerprint density at radius 1 is 1.22 bits per heavy atom. The van der Waals surface area contributed by atoms with Crippen LogP contribution in [0.4, 0.5) is 0 Å². The minimum Gasteiger partial charge on any atom is -0.508 e. The molecule has 0 unspecified atom stereocenters. The molecule has 6 heteroatoms. The maximum absolute atomic E-state index is 11.6. The molecule has 0 saturated carbocycles. The highest BCUT2D eigenvalue weighted by Gasteiger charge is 2.21. The van der Waals surface area contributed by atoms with Gasteiger partial charge in [-0.15, -0.1) is 0 Å². The molecule has 1 heterocycles. The average molecular weight is 247 g/mol. The van der Waals surface area contributed by atoms with E-state index >= 15 is 0 Å². The van der Waals surface area contributed by atoms with Crippen LogP contribution in [0.25, 0.3) is 6.08 Å². The first-order chi connectivity index (χ1) is 8.69. The van der Waals surface area contributed by atoms with Gasteiger partial charge in [-0.3, -0.25) is 15.1 Å². The van der Waals surface area contributed by atoms with Crippen molar-refractivity contribution in [2.24, 2.45) is 4.99 Å². The zero-order valence-electron chi connectivity index (χ0n) is 9.55. The fourth-order valence-electron chi connectivity index (χ4n) is 1.47. The van der Waals surface area contributed by atoms with Crippen molar-refractivity contribution in [2.45, 2.75) is 0 Å². The summed E-state index contributed by atoms with van der Waals surface area (Å²) in [4.78, 5) is 15.5. The molecule has 2 rings (SSSR count). The summed E-state index contributed by atoms with van der Waals surface area (Å²) in [6, 6.07) is 6.47. The van der Waals surface area contributed by atoms with Crippen molar-refractivity contribution < 1.29 is 15.0 Å². The van der Waals surface area contributed by atoms with E-state index in [4.69, 9.17) is 10.2 Å². The minimum atomic E-state index is -0.278. The Morgan fingerprint density at radius 3 is 2.61 bits per heavy atom. The molecule has 0 spiro atoms. The maximum atomic E-state index is 11.6. The van der Waals surface area contributed by atoms with Crippen LogP contribution in [-0.2, 0) is 4.79 Å². The van der Waals surface area contributed by atoms with Crippen LogP contribution in [0, 0.1) is 0 Å². The molecular formula is C12H13N3O3. The number of nitrogens with one attached hydrogen (secondary N) is 2. The third-order valence-electron chi connectivity index (χ3n) is 2.30. The smallest absolute Gasteiger partial charge is 0.274 e. The molecule has 0 aliphatic carbocycles. The minimum absolute atomic E-state index is 0.0714. The second-order valence-electron chi connectivity index (χ2n) is 3.68. The van der Waals surface area contributed by atoms with Gasteiger partial charge in [0.1, 0.15) is 11.4 Å². The number of amides is 1. The van der Waals surface area contributed by atoms with Gasteiger partial charge in [0.2, 0.25) is 5.96 Å². The van der Waals surface area contributed by atoms with Gasteiger partial charge in [-0.05, 0) is 23.8 Å². The molecule has 18 heavy (non-hydrogen) atoms. The molecule has 1 aromatic carbocycles. The number of carbonyl (C=O) groups is 1. The van der Waals surface area contributed by atoms with Crippen molar-refractivity contribution in [3.63, 3.8) is 0 Å². The lowest BCUT2D eigenvalue weighted by Gasteiger charge is -1.97. The molecule has 1 fully saturated rings. The molecule has 1 amide bonds. The quantitative estimate of drug-likeness (QED) is 0.556. The average Bonchev–Trinajstić information content (AvgIpc) is 2.70. The van der Waals surface area contributed by atoms with Gasteiger partial charge in [-0.1, -0.05) is 12.1 Å². The van der Waals surface area contributed by atoms with E-state index < -0.39 is 0 Å². The Hall–Kier alpha value is -2.34. The Labute approximate surface area is 104 Å². The lowest BCUT2D eigenvalue weighted by molar-refractivity contribution is -0.115. The van der Waals surface area contributed by atoms with Crippen LogP contribution in [0.15, 0.2) is 35.0 Å². The summed E-state index contributed by atoms with van der Waals surface area (Å²) >= 11 is 0. The highest BCUT2D eigenvalue weighted by Crippen LogP contribution is 2.13. The van der Waals surface area contributed by atoms with Gasteiger partial charge < -0.3 is 15.5 Å². The van der Waals surface area contributed by atoms with Gasteiger partial charge in [0.05, 0.1) is 13.2 Å². The van der Waals surface area contributed by atoms with E-state index in [1.807, 2.05) is 0 Å². The molecule has 1 aliphatic heterocycles. The molecule has 1 saturated heterocycles. The topological polar surface area (TPSA) is 94.0 Å². The molecule has 1 aliphatic rings. The molecule has 0 atom stereocenters. The zero-order chi connectivity index (χ0) is 13.0. The van der Waals surface area contributed by atoms with E-state index in [1.165, 1.54) is 0 Å². The lowest BCUT2D eigenvalue weighted by Crippen LogP contribution is -2.25. The third kappa shape index (κ3) is 2.86. The van der Waals surface area contributed by atoms with Crippen LogP contribution < -0.4 is 10.6 Å². The van der Waals surface area contributed by atoms with Crippen LogP contribution in [0.2, 0.25) is 0 Å². The first-order valence-corrected chi connectivity index (χ1v) is 5.43. The summed E-state index contributed by atoms with van der Waals surface area (Å²) in [5, 5.41) is 23.1. The SMILES string of the molecule is O=C1NC(=NCCO)N/C1=C/c1ccc(O)cc1. The highest BCUT2D eigenvalue weighted by molar-refractivity contribution is 6.15. The Balaban J connectivity index is 2.14. The zero-order valence-corrected chi connectivity index (χ0v) is 9.55. The predicted octanol–water partition coefficient (Wildman–Crippen LogP) is -0.199. The van der Waals surface area contributed by atoms with Crippen molar-refractivity contribution in [3.8, 4) is 5.75 Å². The fraction of sp³-hybridized carbons (Fsp3) is 0.167. The van der Waals surface area contributed by atoms with Crippen LogP contribution >= 0.6 is 0 Å². The Morgan fingerprint density at radius 2 is 1.94 bits per heavy atom. The number of hydrogen-bond acceptors (Lipinski definition) is 4. The normalized spacial score (nSPS) is 19.1. The number of phenolic OH excluding ortho intramolecular Hbond substituents is 1. The number of phenols is 1. The first kappa shape index (κ1) is 12.1. The van der Waals surface area contributed by atoms with Crippen LogP contribution in [0.5, 0.6) is 5.75 Å². The van der Waals surface area contributed by atoms with E-state index in [-0.39, 0.29) is 24.8 Å². The number of hydrogen-bond donors (Lipinski definition) is 4. The monoisotopic (exact) mass is 247 g/mol. The van der Waals surface area contributed by atoms with Crippen molar-refractivity contribution in [1.29, 1.82) is 0 Å². The van der Waals surface area contributed by atoms with E-state index in [0.29, 0.717) is 11.7 Å². The number of aromatic hydroxyl groups is 1. The van der Waals surface area contributed by atoms with Crippen molar-refractivity contribution in [1.82, 2.24) is 10.6 Å². The van der Waals surface area contributed by atoms with Gasteiger partial charge in [-0.2, -0.15) is 0 Å². The fourth-order valence-corrected chi connectivity index (χ4v) is 1.47. The first-order valence-electron chi connectivity index (χ1n) is 5.43. The number of guanidine groups is 1. The summed E-state index contributed by atoms with van der Waals surface area (Å²) in [7, 11) is 0. The third-order valence-corrected chi connectivity index (χ3v) is 2.30. The number of rotatable bonds is 3. The van der Waals surface area contributed by atoms with E-state index in [1.54, 1.807) is 30.3 Å². The number of aliphatic hydroxyl groups is 1. The predicted molar refractivity (Wildman–Crippen MR) is 66.8 cm³/mol. The van der Waals surface area contributed by atoms with Crippen LogP contribution in [0.1, 0.15) is 5.56 Å². The molecule has 0 aromatic heterocycles. The second-order valence-corrected chi connectivity index (χ2v) is 3.68. The molecule has 4 N–H and O–H groups in total. The standard InChI is InChI=1S/C12H13N3O3/c16-6-5-13-12-14-10(11(18)15-12)7-8-1-3-9(17)4-2-8/h1-4,7,16-17H,5-6H2,(H2,13,14,15,18)/b10-7+. The van der Waals surface area contributed by atoms with Gasteiger partial charge in [0, 0.05) is 0 Å². The van der Waals surface area contributed by atoms with E-state index in [0.717, 1.165) is 5.56 Å². The molecular weight excluding hydrogens is 234 g/mol. The van der Waals surface area contributed by atoms with Crippen molar-refractivity contribution in [3.05, 3.63) is 35.5 Å². The summed E-state index contributed by atoms with van der Waals surface area (Å²) in [6.07, 6.45) is 1.65. The lowest BCUT2D eigenvalue weighted by atomic mass is 10.2. The number of aliphatic imine (C=N–C) groups is 1. The molecule has 94 valence electrons. The molecule has 6 nitrogen and oxygen atoms in total. The Bertz CT molecular complexity index is 506. The summed E-state index contributed by atoms with van der Waals surface area (Å²) < 4.78 is 0. The van der Waals surface area contributed by atoms with Crippen LogP contribution in [0.3, 0.4) is 0 Å². The largest absolute Gasteiger partial charge is 0.508 e. The number of aliphatic hydroxyl groups excluding tert-OH is 1. The number of benzene rings is 1. The van der Waals surface area contributed by atoms with Crippen molar-refractivity contribution >= 4 is 17.9 Å². The Kier molecular flexibility index (Phi) is 3.59. The second kappa shape index (κ2) is 5.33.